The van der Waals surface area contributed by atoms with E-state index in [2.05, 4.69) is 59.3 Å². The van der Waals surface area contributed by atoms with E-state index in [4.69, 9.17) is 0 Å². The molecule has 1 aromatic heterocycles. The van der Waals surface area contributed by atoms with Crippen LogP contribution in [0.2, 0.25) is 0 Å². The average Bonchev–Trinajstić information content (AvgIpc) is 2.37. The molecular weight excluding hydrogens is 358 g/mol. The minimum atomic E-state index is 0.750. The second-order valence-corrected chi connectivity index (χ2v) is 5.55. The lowest BCUT2D eigenvalue weighted by molar-refractivity contribution is 0.921. The number of hydrogen-bond donors (Lipinski definition) is 1. The molecule has 2 rings (SSSR count). The summed E-state index contributed by atoms with van der Waals surface area (Å²) in [6.07, 6.45) is 0.826. The molecule has 0 saturated carbocycles. The first-order valence-corrected chi connectivity index (χ1v) is 7.27. The van der Waals surface area contributed by atoms with Crippen molar-refractivity contribution in [3.8, 4) is 0 Å². The quantitative estimate of drug-likeness (QED) is 0.820. The van der Waals surface area contributed by atoms with Gasteiger partial charge in [-0.25, -0.2) is 9.97 Å². The largest absolute Gasteiger partial charge is 0.366 e. The van der Waals surface area contributed by atoms with E-state index in [9.17, 15) is 0 Å². The second-order valence-electron chi connectivity index (χ2n) is 3.83. The maximum Gasteiger partial charge on any atom is 0.131 e. The minimum Gasteiger partial charge on any atom is -0.366 e. The molecule has 94 valence electrons. The van der Waals surface area contributed by atoms with Crippen LogP contribution in [0.4, 0.5) is 5.82 Å². The van der Waals surface area contributed by atoms with Crippen molar-refractivity contribution in [2.75, 3.05) is 5.32 Å². The Kier molecular flexibility index (Phi) is 4.72. The van der Waals surface area contributed by atoms with Crippen molar-refractivity contribution >= 4 is 37.7 Å². The molecule has 0 aliphatic heterocycles. The first-order valence-electron chi connectivity index (χ1n) is 5.69. The van der Waals surface area contributed by atoms with Gasteiger partial charge in [0.15, 0.2) is 0 Å². The normalized spacial score (nSPS) is 10.4. The van der Waals surface area contributed by atoms with Crippen molar-refractivity contribution in [2.45, 2.75) is 19.9 Å². The standard InChI is InChI=1S/C13H13Br2N3/c1-2-12-17-11(15)7-13(18-12)16-8-9-3-5-10(14)6-4-9/h3-7H,2,8H2,1H3,(H,16,17,18). The molecule has 2 aromatic rings. The molecule has 1 heterocycles. The molecule has 0 bridgehead atoms. The number of halogens is 2. The van der Waals surface area contributed by atoms with Gasteiger partial charge in [-0.2, -0.15) is 0 Å². The van der Waals surface area contributed by atoms with E-state index in [0.29, 0.717) is 0 Å². The van der Waals surface area contributed by atoms with Gasteiger partial charge in [-0.3, -0.25) is 0 Å². The maximum absolute atomic E-state index is 4.42. The van der Waals surface area contributed by atoms with Crippen molar-refractivity contribution in [3.63, 3.8) is 0 Å². The van der Waals surface area contributed by atoms with Gasteiger partial charge in [0.25, 0.3) is 0 Å². The summed E-state index contributed by atoms with van der Waals surface area (Å²) in [6.45, 7) is 2.79. The number of rotatable bonds is 4. The number of hydrogen-bond acceptors (Lipinski definition) is 3. The van der Waals surface area contributed by atoms with Crippen LogP contribution in [0.15, 0.2) is 39.4 Å². The Labute approximate surface area is 123 Å². The maximum atomic E-state index is 4.42. The van der Waals surface area contributed by atoms with E-state index in [1.54, 1.807) is 0 Å². The van der Waals surface area contributed by atoms with Crippen LogP contribution in [-0.2, 0) is 13.0 Å². The van der Waals surface area contributed by atoms with Crippen LogP contribution < -0.4 is 5.32 Å². The summed E-state index contributed by atoms with van der Waals surface area (Å²) in [4.78, 5) is 8.70. The Morgan fingerprint density at radius 3 is 2.50 bits per heavy atom. The Hall–Kier alpha value is -0.940. The Morgan fingerprint density at radius 1 is 1.11 bits per heavy atom. The van der Waals surface area contributed by atoms with Crippen molar-refractivity contribution in [2.24, 2.45) is 0 Å². The number of aromatic nitrogens is 2. The lowest BCUT2D eigenvalue weighted by Gasteiger charge is -2.07. The number of nitrogens with zero attached hydrogens (tertiary/aromatic N) is 2. The Bertz CT molecular complexity index is 526. The highest BCUT2D eigenvalue weighted by Gasteiger charge is 2.01. The topological polar surface area (TPSA) is 37.8 Å². The molecule has 18 heavy (non-hydrogen) atoms. The summed E-state index contributed by atoms with van der Waals surface area (Å²) in [5, 5.41) is 3.30. The lowest BCUT2D eigenvalue weighted by atomic mass is 10.2. The first-order chi connectivity index (χ1) is 8.67. The molecule has 0 saturated heterocycles. The van der Waals surface area contributed by atoms with Crippen LogP contribution in [0.5, 0.6) is 0 Å². The van der Waals surface area contributed by atoms with E-state index in [1.165, 1.54) is 5.56 Å². The third kappa shape index (κ3) is 3.78. The van der Waals surface area contributed by atoms with Gasteiger partial charge in [0, 0.05) is 23.5 Å². The molecule has 1 aromatic carbocycles. The SMILES string of the molecule is CCc1nc(Br)cc(NCc2ccc(Br)cc2)n1. The van der Waals surface area contributed by atoms with Gasteiger partial charge in [-0.05, 0) is 33.6 Å². The summed E-state index contributed by atoms with van der Waals surface area (Å²) in [5.74, 6) is 1.68. The third-order valence-electron chi connectivity index (χ3n) is 2.44. The highest BCUT2D eigenvalue weighted by molar-refractivity contribution is 9.10. The fraction of sp³-hybridized carbons (Fsp3) is 0.231. The van der Waals surface area contributed by atoms with E-state index in [-0.39, 0.29) is 0 Å². The predicted octanol–water partition coefficient (Wildman–Crippen LogP) is 4.18. The van der Waals surface area contributed by atoms with Gasteiger partial charge < -0.3 is 5.32 Å². The zero-order valence-electron chi connectivity index (χ0n) is 9.95. The van der Waals surface area contributed by atoms with Crippen molar-refractivity contribution in [1.82, 2.24) is 9.97 Å². The summed E-state index contributed by atoms with van der Waals surface area (Å²) in [5.41, 5.74) is 1.21. The third-order valence-corrected chi connectivity index (χ3v) is 3.38. The van der Waals surface area contributed by atoms with Gasteiger partial charge in [0.2, 0.25) is 0 Å². The zero-order valence-corrected chi connectivity index (χ0v) is 13.1. The number of aryl methyl sites for hydroxylation is 1. The summed E-state index contributed by atoms with van der Waals surface area (Å²) in [7, 11) is 0. The molecule has 0 unspecified atom stereocenters. The average molecular weight is 371 g/mol. The smallest absolute Gasteiger partial charge is 0.131 e. The van der Waals surface area contributed by atoms with E-state index in [0.717, 1.165) is 33.7 Å². The molecule has 5 heteroatoms. The van der Waals surface area contributed by atoms with Crippen LogP contribution in [0.3, 0.4) is 0 Å². The van der Waals surface area contributed by atoms with E-state index >= 15 is 0 Å². The van der Waals surface area contributed by atoms with E-state index in [1.807, 2.05) is 25.1 Å². The first kappa shape index (κ1) is 13.5. The molecule has 0 radical (unpaired) electrons. The number of benzene rings is 1. The lowest BCUT2D eigenvalue weighted by Crippen LogP contribution is -2.04. The molecule has 3 nitrogen and oxygen atoms in total. The Morgan fingerprint density at radius 2 is 1.83 bits per heavy atom. The molecule has 0 amide bonds. The van der Waals surface area contributed by atoms with Gasteiger partial charge in [0.1, 0.15) is 16.2 Å². The second kappa shape index (κ2) is 6.29. The van der Waals surface area contributed by atoms with Crippen molar-refractivity contribution < 1.29 is 0 Å². The number of anilines is 1. The van der Waals surface area contributed by atoms with Gasteiger partial charge in [-0.15, -0.1) is 0 Å². The molecule has 0 spiro atoms. The van der Waals surface area contributed by atoms with Gasteiger partial charge >= 0.3 is 0 Å². The number of nitrogens with one attached hydrogen (secondary N) is 1. The molecular formula is C13H13Br2N3. The van der Waals surface area contributed by atoms with Crippen molar-refractivity contribution in [1.29, 1.82) is 0 Å². The zero-order chi connectivity index (χ0) is 13.0. The van der Waals surface area contributed by atoms with Crippen LogP contribution in [0.25, 0.3) is 0 Å². The predicted molar refractivity (Wildman–Crippen MR) is 80.6 cm³/mol. The highest BCUT2D eigenvalue weighted by atomic mass is 79.9. The molecule has 0 atom stereocenters. The fourth-order valence-corrected chi connectivity index (χ4v) is 2.19. The molecule has 0 aliphatic rings. The van der Waals surface area contributed by atoms with E-state index < -0.39 is 0 Å². The van der Waals surface area contributed by atoms with Gasteiger partial charge in [-0.1, -0.05) is 35.0 Å². The molecule has 0 fully saturated rings. The van der Waals surface area contributed by atoms with Gasteiger partial charge in [0.05, 0.1) is 0 Å². The molecule has 1 N–H and O–H groups in total. The monoisotopic (exact) mass is 369 g/mol. The summed E-state index contributed by atoms with van der Waals surface area (Å²) in [6, 6.07) is 10.1. The minimum absolute atomic E-state index is 0.750. The molecule has 0 aliphatic carbocycles. The van der Waals surface area contributed by atoms with Crippen molar-refractivity contribution in [3.05, 3.63) is 50.8 Å². The van der Waals surface area contributed by atoms with Crippen LogP contribution >= 0.6 is 31.9 Å². The fourth-order valence-electron chi connectivity index (χ4n) is 1.51. The Balaban J connectivity index is 2.05. The summed E-state index contributed by atoms with van der Waals surface area (Å²) >= 11 is 6.81. The van der Waals surface area contributed by atoms with Crippen LogP contribution in [0.1, 0.15) is 18.3 Å². The van der Waals surface area contributed by atoms with Crippen LogP contribution in [0, 0.1) is 0 Å². The summed E-state index contributed by atoms with van der Waals surface area (Å²) < 4.78 is 1.90. The van der Waals surface area contributed by atoms with Crippen LogP contribution in [-0.4, -0.2) is 9.97 Å². The highest BCUT2D eigenvalue weighted by Crippen LogP contribution is 2.15.